The maximum absolute atomic E-state index is 13.5. The Morgan fingerprint density at radius 3 is 2.73 bits per heavy atom. The second-order valence-corrected chi connectivity index (χ2v) is 9.49. The molecule has 0 radical (unpaired) electrons. The summed E-state index contributed by atoms with van der Waals surface area (Å²) in [5.41, 5.74) is 2.05. The monoisotopic (exact) mass is 508 g/mol. The van der Waals surface area contributed by atoms with Gasteiger partial charge in [0, 0.05) is 30.6 Å². The highest BCUT2D eigenvalue weighted by atomic mass is 16.7. The zero-order valence-corrected chi connectivity index (χ0v) is 20.8. The number of benzene rings is 2. The van der Waals surface area contributed by atoms with E-state index < -0.39 is 24.2 Å². The third-order valence-electron chi connectivity index (χ3n) is 7.09. The molecule has 196 valence electrons. The van der Waals surface area contributed by atoms with E-state index in [1.54, 1.807) is 17.0 Å². The van der Waals surface area contributed by atoms with E-state index in [2.05, 4.69) is 5.32 Å². The predicted molar refractivity (Wildman–Crippen MR) is 134 cm³/mol. The van der Waals surface area contributed by atoms with Crippen LogP contribution in [0, 0.1) is 0 Å². The molecule has 0 aromatic heterocycles. The van der Waals surface area contributed by atoms with E-state index in [0.29, 0.717) is 35.7 Å². The highest BCUT2D eigenvalue weighted by Gasteiger charge is 2.50. The number of nitrogens with one attached hydrogen (secondary N) is 1. The fourth-order valence-corrected chi connectivity index (χ4v) is 5.26. The summed E-state index contributed by atoms with van der Waals surface area (Å²) >= 11 is 0. The van der Waals surface area contributed by atoms with E-state index in [9.17, 15) is 19.8 Å². The molecule has 4 atom stereocenters. The Bertz CT molecular complexity index is 1200. The van der Waals surface area contributed by atoms with Gasteiger partial charge in [0.1, 0.15) is 18.0 Å². The highest BCUT2D eigenvalue weighted by molar-refractivity contribution is 5.96. The van der Waals surface area contributed by atoms with Crippen LogP contribution in [-0.4, -0.2) is 65.1 Å². The molecule has 0 saturated carbocycles. The molecule has 37 heavy (non-hydrogen) atoms. The first-order valence-corrected chi connectivity index (χ1v) is 12.7. The van der Waals surface area contributed by atoms with Crippen molar-refractivity contribution in [2.24, 2.45) is 0 Å². The molecule has 0 unspecified atom stereocenters. The van der Waals surface area contributed by atoms with Crippen molar-refractivity contribution in [2.45, 2.75) is 56.9 Å². The number of aliphatic hydroxyl groups excluding tert-OH is 2. The lowest BCUT2D eigenvalue weighted by Crippen LogP contribution is -2.55. The van der Waals surface area contributed by atoms with Crippen LogP contribution in [0.25, 0.3) is 0 Å². The Hall–Kier alpha value is -3.56. The van der Waals surface area contributed by atoms with Crippen LogP contribution in [0.3, 0.4) is 0 Å². The number of amides is 2. The van der Waals surface area contributed by atoms with Gasteiger partial charge in [-0.25, -0.2) is 0 Å². The third-order valence-corrected chi connectivity index (χ3v) is 7.09. The number of fused-ring (bicyclic) bond motifs is 4. The summed E-state index contributed by atoms with van der Waals surface area (Å²) in [4.78, 5) is 28.4. The quantitative estimate of drug-likeness (QED) is 0.476. The first kappa shape index (κ1) is 25.1. The summed E-state index contributed by atoms with van der Waals surface area (Å²) < 4.78 is 17.1. The Labute approximate surface area is 215 Å². The van der Waals surface area contributed by atoms with Gasteiger partial charge in [-0.15, -0.1) is 0 Å². The molecule has 3 aliphatic rings. The largest absolute Gasteiger partial charge is 0.486 e. The molecule has 2 aliphatic heterocycles. The van der Waals surface area contributed by atoms with E-state index in [0.717, 1.165) is 17.5 Å². The normalized spacial score (nSPS) is 22.9. The Morgan fingerprint density at radius 2 is 1.92 bits per heavy atom. The summed E-state index contributed by atoms with van der Waals surface area (Å²) in [5.74, 6) is 0.899. The summed E-state index contributed by atoms with van der Waals surface area (Å²) in [7, 11) is 0. The van der Waals surface area contributed by atoms with Gasteiger partial charge in [-0.2, -0.15) is 0 Å². The van der Waals surface area contributed by atoms with Crippen LogP contribution in [0.1, 0.15) is 43.2 Å². The van der Waals surface area contributed by atoms with Crippen molar-refractivity contribution in [2.75, 3.05) is 19.9 Å². The van der Waals surface area contributed by atoms with Gasteiger partial charge < -0.3 is 34.6 Å². The van der Waals surface area contributed by atoms with Crippen LogP contribution in [0.5, 0.6) is 17.2 Å². The molecule has 2 aromatic carbocycles. The molecular formula is C28H32N2O7. The lowest BCUT2D eigenvalue weighted by Gasteiger charge is -2.41. The minimum Gasteiger partial charge on any atom is -0.486 e. The first-order chi connectivity index (χ1) is 18.0. The van der Waals surface area contributed by atoms with Gasteiger partial charge in [0.2, 0.25) is 18.6 Å². The van der Waals surface area contributed by atoms with Crippen LogP contribution in [0.4, 0.5) is 0 Å². The molecule has 0 spiro atoms. The zero-order valence-electron chi connectivity index (χ0n) is 20.8. The van der Waals surface area contributed by atoms with Crippen LogP contribution in [0.2, 0.25) is 0 Å². The van der Waals surface area contributed by atoms with E-state index in [4.69, 9.17) is 14.2 Å². The second kappa shape index (κ2) is 10.8. The molecule has 2 heterocycles. The minimum atomic E-state index is -1.06. The van der Waals surface area contributed by atoms with E-state index in [1.165, 1.54) is 0 Å². The number of aliphatic hydroxyl groups is 2. The molecule has 3 N–H and O–H groups in total. The Balaban J connectivity index is 1.52. The van der Waals surface area contributed by atoms with Crippen molar-refractivity contribution in [1.82, 2.24) is 10.2 Å². The van der Waals surface area contributed by atoms with Crippen LogP contribution in [-0.2, 0) is 16.1 Å². The Morgan fingerprint density at radius 1 is 1.11 bits per heavy atom. The summed E-state index contributed by atoms with van der Waals surface area (Å²) in [6.07, 6.45) is 1.78. The maximum atomic E-state index is 13.5. The molecule has 9 heteroatoms. The standard InChI is InChI=1S/C28H32N2O7/c1-2-3-8-24(32)30(15-17-9-10-22-23(13-17)36-16-35-22)20-14-19(28(34)29-11-12-31)25-18-6-4-5-7-21(18)37-27(25)26(20)33/h4-7,9-10,13-14,20,25-27,31,33H,2-3,8,11-12,15-16H2,1H3,(H,29,34)/t20-,25+,26+,27+/m1/s1. The molecule has 1 aliphatic carbocycles. The molecule has 0 fully saturated rings. The highest BCUT2D eigenvalue weighted by Crippen LogP contribution is 2.47. The lowest BCUT2D eigenvalue weighted by molar-refractivity contribution is -0.138. The SMILES string of the molecule is CCCCC(=O)N(Cc1ccc2c(c1)OCO2)[C@@H]1C=C(C(=O)NCCO)[C@@H]2c3ccccc3O[C@@H]2[C@H]1O. The predicted octanol–water partition coefficient (Wildman–Crippen LogP) is 2.26. The summed E-state index contributed by atoms with van der Waals surface area (Å²) in [5, 5.41) is 23.6. The number of unbranched alkanes of at least 4 members (excludes halogenated alkanes) is 1. The zero-order chi connectivity index (χ0) is 25.9. The van der Waals surface area contributed by atoms with E-state index in [1.807, 2.05) is 43.3 Å². The maximum Gasteiger partial charge on any atom is 0.247 e. The Kier molecular flexibility index (Phi) is 7.34. The molecule has 0 saturated heterocycles. The summed E-state index contributed by atoms with van der Waals surface area (Å²) in [6.45, 7) is 2.28. The van der Waals surface area contributed by atoms with Gasteiger partial charge in [0.15, 0.2) is 11.5 Å². The van der Waals surface area contributed by atoms with Gasteiger partial charge in [-0.05, 0) is 36.3 Å². The number of ether oxygens (including phenoxy) is 3. The van der Waals surface area contributed by atoms with Gasteiger partial charge >= 0.3 is 0 Å². The van der Waals surface area contributed by atoms with Crippen molar-refractivity contribution in [3.8, 4) is 17.2 Å². The molecule has 2 aromatic rings. The number of carbonyl (C=O) groups is 2. The van der Waals surface area contributed by atoms with Gasteiger partial charge in [0.05, 0.1) is 18.6 Å². The van der Waals surface area contributed by atoms with Crippen molar-refractivity contribution < 1.29 is 34.0 Å². The minimum absolute atomic E-state index is 0.0969. The molecular weight excluding hydrogens is 476 g/mol. The number of para-hydroxylation sites is 1. The fraction of sp³-hybridized carbons (Fsp3) is 0.429. The molecule has 9 nitrogen and oxygen atoms in total. The fourth-order valence-electron chi connectivity index (χ4n) is 5.26. The van der Waals surface area contributed by atoms with Crippen molar-refractivity contribution in [3.05, 3.63) is 65.2 Å². The number of nitrogens with zero attached hydrogens (tertiary/aromatic N) is 1. The lowest BCUT2D eigenvalue weighted by atomic mass is 9.77. The van der Waals surface area contributed by atoms with Crippen LogP contribution < -0.4 is 19.5 Å². The number of carbonyl (C=O) groups excluding carboxylic acids is 2. The van der Waals surface area contributed by atoms with Crippen molar-refractivity contribution in [3.63, 3.8) is 0 Å². The first-order valence-electron chi connectivity index (χ1n) is 12.7. The summed E-state index contributed by atoms with van der Waals surface area (Å²) in [6, 6.07) is 12.1. The van der Waals surface area contributed by atoms with E-state index >= 15 is 0 Å². The van der Waals surface area contributed by atoms with E-state index in [-0.39, 0.29) is 38.3 Å². The van der Waals surface area contributed by atoms with Crippen molar-refractivity contribution >= 4 is 11.8 Å². The van der Waals surface area contributed by atoms with Crippen molar-refractivity contribution in [1.29, 1.82) is 0 Å². The molecule has 2 amide bonds. The van der Waals surface area contributed by atoms with Gasteiger partial charge in [0.25, 0.3) is 0 Å². The number of hydrogen-bond acceptors (Lipinski definition) is 7. The average molecular weight is 509 g/mol. The van der Waals surface area contributed by atoms with Crippen LogP contribution in [0.15, 0.2) is 54.1 Å². The smallest absolute Gasteiger partial charge is 0.247 e. The van der Waals surface area contributed by atoms with Gasteiger partial charge in [-0.1, -0.05) is 37.6 Å². The number of hydrogen-bond donors (Lipinski definition) is 3. The molecule has 5 rings (SSSR count). The van der Waals surface area contributed by atoms with Crippen LogP contribution >= 0.6 is 0 Å². The topological polar surface area (TPSA) is 118 Å². The van der Waals surface area contributed by atoms with Gasteiger partial charge in [-0.3, -0.25) is 9.59 Å². The second-order valence-electron chi connectivity index (χ2n) is 9.49. The average Bonchev–Trinajstić information content (AvgIpc) is 3.54. The third kappa shape index (κ3) is 4.89. The molecule has 0 bridgehead atoms. The number of rotatable bonds is 9.